The number of thiazole rings is 1. The van der Waals surface area contributed by atoms with Gasteiger partial charge in [-0.05, 0) is 41.8 Å². The van der Waals surface area contributed by atoms with Crippen LogP contribution < -0.4 is 4.90 Å². The van der Waals surface area contributed by atoms with E-state index >= 15 is 0 Å². The molecule has 0 aliphatic carbocycles. The van der Waals surface area contributed by atoms with Crippen molar-refractivity contribution in [1.29, 1.82) is 0 Å². The molecule has 5 heteroatoms. The highest BCUT2D eigenvalue weighted by atomic mass is 32.2. The number of hydrogen-bond acceptors (Lipinski definition) is 4. The van der Waals surface area contributed by atoms with E-state index in [9.17, 15) is 4.79 Å². The summed E-state index contributed by atoms with van der Waals surface area (Å²) in [6.07, 6.45) is 0.918. The summed E-state index contributed by atoms with van der Waals surface area (Å²) in [5, 5.41) is 1.20. The van der Waals surface area contributed by atoms with Crippen molar-refractivity contribution in [3.05, 3.63) is 89.5 Å². The Morgan fingerprint density at radius 3 is 2.55 bits per heavy atom. The fraction of sp³-hybridized carbons (Fsp3) is 0.231. The number of anilines is 1. The Bertz CT molecular complexity index is 1180. The molecule has 4 rings (SSSR count). The van der Waals surface area contributed by atoms with Crippen LogP contribution in [0.15, 0.2) is 77.7 Å². The number of amides is 1. The fourth-order valence-corrected chi connectivity index (χ4v) is 5.43. The fourth-order valence-electron chi connectivity index (χ4n) is 3.52. The van der Waals surface area contributed by atoms with Crippen LogP contribution in [-0.4, -0.2) is 16.1 Å². The third kappa shape index (κ3) is 5.00. The molecule has 0 bridgehead atoms. The van der Waals surface area contributed by atoms with Gasteiger partial charge in [-0.3, -0.25) is 9.69 Å². The number of hydrogen-bond donors (Lipinski definition) is 0. The lowest BCUT2D eigenvalue weighted by atomic mass is 10.1. The minimum atomic E-state index is -0.0211. The Balaban J connectivity index is 1.75. The Kier molecular flexibility index (Phi) is 6.73. The highest BCUT2D eigenvalue weighted by Gasteiger charge is 2.22. The Hall–Kier alpha value is -2.63. The standard InChI is InChI=1S/C26H26N2OS2/c1-4-20-12-9-15-23-24(20)27-26(31-23)28(17-19-10-6-5-7-11-19)25(29)21-13-8-14-22(16-21)30-18(2)3/h5-16,18H,4,17H2,1-3H3. The van der Waals surface area contributed by atoms with E-state index in [1.165, 1.54) is 5.56 Å². The lowest BCUT2D eigenvalue weighted by Crippen LogP contribution is -2.30. The van der Waals surface area contributed by atoms with Crippen molar-refractivity contribution in [3.8, 4) is 0 Å². The first-order valence-corrected chi connectivity index (χ1v) is 12.3. The third-order valence-corrected chi connectivity index (χ3v) is 7.03. The molecule has 3 aromatic carbocycles. The molecule has 1 heterocycles. The number of benzene rings is 3. The van der Waals surface area contributed by atoms with E-state index in [1.54, 1.807) is 23.1 Å². The summed E-state index contributed by atoms with van der Waals surface area (Å²) in [4.78, 5) is 21.5. The number of rotatable bonds is 7. The average molecular weight is 447 g/mol. The molecule has 0 fully saturated rings. The summed E-state index contributed by atoms with van der Waals surface area (Å²) in [5.41, 5.74) is 3.98. The van der Waals surface area contributed by atoms with E-state index in [0.29, 0.717) is 17.4 Å². The van der Waals surface area contributed by atoms with Crippen molar-refractivity contribution < 1.29 is 4.79 Å². The van der Waals surface area contributed by atoms with Crippen molar-refractivity contribution in [1.82, 2.24) is 4.98 Å². The molecule has 0 N–H and O–H groups in total. The predicted molar refractivity (Wildman–Crippen MR) is 133 cm³/mol. The molecule has 1 aromatic heterocycles. The number of carbonyl (C=O) groups excluding carboxylic acids is 1. The van der Waals surface area contributed by atoms with Gasteiger partial charge in [0.25, 0.3) is 5.91 Å². The van der Waals surface area contributed by atoms with Crippen LogP contribution in [0.4, 0.5) is 5.13 Å². The maximum absolute atomic E-state index is 13.7. The number of fused-ring (bicyclic) bond motifs is 1. The third-order valence-electron chi connectivity index (χ3n) is 4.98. The van der Waals surface area contributed by atoms with E-state index in [-0.39, 0.29) is 5.91 Å². The summed E-state index contributed by atoms with van der Waals surface area (Å²) >= 11 is 3.35. The van der Waals surface area contributed by atoms with Crippen LogP contribution in [0.1, 0.15) is 42.3 Å². The van der Waals surface area contributed by atoms with Crippen LogP contribution in [-0.2, 0) is 13.0 Å². The maximum atomic E-state index is 13.7. The molecule has 0 unspecified atom stereocenters. The average Bonchev–Trinajstić information content (AvgIpc) is 3.21. The molecule has 0 atom stereocenters. The summed E-state index contributed by atoms with van der Waals surface area (Å²) in [6.45, 7) is 6.95. The van der Waals surface area contributed by atoms with Crippen LogP contribution in [0, 0.1) is 0 Å². The van der Waals surface area contributed by atoms with Crippen molar-refractivity contribution >= 4 is 44.4 Å². The summed E-state index contributed by atoms with van der Waals surface area (Å²) in [5.74, 6) is -0.0211. The first kappa shape index (κ1) is 21.6. The quantitative estimate of drug-likeness (QED) is 0.281. The van der Waals surface area contributed by atoms with Crippen molar-refractivity contribution in [2.24, 2.45) is 0 Å². The van der Waals surface area contributed by atoms with E-state index in [1.807, 2.05) is 41.3 Å². The molecule has 0 aliphatic heterocycles. The SMILES string of the molecule is CCc1cccc2sc(N(Cc3ccccc3)C(=O)c3cccc(SC(C)C)c3)nc12. The minimum absolute atomic E-state index is 0.0211. The number of thioether (sulfide) groups is 1. The van der Waals surface area contributed by atoms with Crippen LogP contribution in [0.2, 0.25) is 0 Å². The topological polar surface area (TPSA) is 33.2 Å². The summed E-state index contributed by atoms with van der Waals surface area (Å²) < 4.78 is 1.12. The highest BCUT2D eigenvalue weighted by molar-refractivity contribution is 7.99. The van der Waals surface area contributed by atoms with Gasteiger partial charge in [-0.1, -0.05) is 80.6 Å². The first-order chi connectivity index (χ1) is 15.0. The molecule has 4 aromatic rings. The van der Waals surface area contributed by atoms with Crippen LogP contribution in [0.3, 0.4) is 0 Å². The molecule has 3 nitrogen and oxygen atoms in total. The predicted octanol–water partition coefficient (Wildman–Crippen LogP) is 7.21. The maximum Gasteiger partial charge on any atom is 0.260 e. The van der Waals surface area contributed by atoms with Crippen LogP contribution in [0.25, 0.3) is 10.2 Å². The number of carbonyl (C=O) groups is 1. The van der Waals surface area contributed by atoms with Crippen LogP contribution >= 0.6 is 23.1 Å². The van der Waals surface area contributed by atoms with Gasteiger partial charge in [-0.2, -0.15) is 0 Å². The first-order valence-electron chi connectivity index (χ1n) is 10.6. The van der Waals surface area contributed by atoms with Gasteiger partial charge >= 0.3 is 0 Å². The molecule has 0 radical (unpaired) electrons. The molecule has 0 aliphatic rings. The van der Waals surface area contributed by atoms with E-state index < -0.39 is 0 Å². The van der Waals surface area contributed by atoms with E-state index in [0.717, 1.165) is 32.2 Å². The summed E-state index contributed by atoms with van der Waals surface area (Å²) in [6, 6.07) is 24.3. The van der Waals surface area contributed by atoms with Crippen molar-refractivity contribution in [3.63, 3.8) is 0 Å². The molecule has 0 saturated carbocycles. The van der Waals surface area contributed by atoms with Gasteiger partial charge in [0.1, 0.15) is 0 Å². The molecule has 31 heavy (non-hydrogen) atoms. The van der Waals surface area contributed by atoms with E-state index in [2.05, 4.69) is 57.2 Å². The number of nitrogens with zero attached hydrogens (tertiary/aromatic N) is 2. The Morgan fingerprint density at radius 2 is 1.81 bits per heavy atom. The zero-order valence-electron chi connectivity index (χ0n) is 18.0. The van der Waals surface area contributed by atoms with Gasteiger partial charge in [0.15, 0.2) is 5.13 Å². The largest absolute Gasteiger partial charge is 0.279 e. The molecule has 0 saturated heterocycles. The number of aryl methyl sites for hydroxylation is 1. The van der Waals surface area contributed by atoms with Crippen molar-refractivity contribution in [2.75, 3.05) is 4.90 Å². The lowest BCUT2D eigenvalue weighted by molar-refractivity contribution is 0.0985. The summed E-state index contributed by atoms with van der Waals surface area (Å²) in [7, 11) is 0. The zero-order valence-corrected chi connectivity index (χ0v) is 19.7. The Morgan fingerprint density at radius 1 is 1.03 bits per heavy atom. The minimum Gasteiger partial charge on any atom is -0.279 e. The monoisotopic (exact) mass is 446 g/mol. The second-order valence-corrected chi connectivity index (χ2v) is 10.3. The second kappa shape index (κ2) is 9.67. The van der Waals surface area contributed by atoms with Gasteiger partial charge in [-0.25, -0.2) is 4.98 Å². The van der Waals surface area contributed by atoms with Crippen molar-refractivity contribution in [2.45, 2.75) is 43.9 Å². The normalized spacial score (nSPS) is 11.2. The van der Waals surface area contributed by atoms with Gasteiger partial charge in [0.2, 0.25) is 0 Å². The van der Waals surface area contributed by atoms with Gasteiger partial charge < -0.3 is 0 Å². The van der Waals surface area contributed by atoms with Gasteiger partial charge in [0, 0.05) is 15.7 Å². The molecular weight excluding hydrogens is 420 g/mol. The number of para-hydroxylation sites is 1. The molecule has 158 valence electrons. The molecular formula is C26H26N2OS2. The van der Waals surface area contributed by atoms with E-state index in [4.69, 9.17) is 4.98 Å². The second-order valence-electron chi connectivity index (χ2n) is 7.69. The van der Waals surface area contributed by atoms with Gasteiger partial charge in [0.05, 0.1) is 16.8 Å². The smallest absolute Gasteiger partial charge is 0.260 e. The molecule has 0 spiro atoms. The molecule has 1 amide bonds. The highest BCUT2D eigenvalue weighted by Crippen LogP contribution is 2.33. The van der Waals surface area contributed by atoms with Gasteiger partial charge in [-0.15, -0.1) is 11.8 Å². The zero-order chi connectivity index (χ0) is 21.8. The van der Waals surface area contributed by atoms with Crippen LogP contribution in [0.5, 0.6) is 0 Å². The lowest BCUT2D eigenvalue weighted by Gasteiger charge is -2.20. The Labute approximate surface area is 192 Å². The number of aromatic nitrogens is 1.